The molecule has 0 spiro atoms. The molecule has 0 aliphatic carbocycles. The van der Waals surface area contributed by atoms with Gasteiger partial charge in [-0.25, -0.2) is 4.79 Å². The van der Waals surface area contributed by atoms with E-state index in [1.807, 2.05) is 18.2 Å². The third-order valence-electron chi connectivity index (χ3n) is 2.48. The Morgan fingerprint density at radius 1 is 1.47 bits per heavy atom. The van der Waals surface area contributed by atoms with Gasteiger partial charge in [0.05, 0.1) is 6.61 Å². The zero-order chi connectivity index (χ0) is 10.8. The van der Waals surface area contributed by atoms with E-state index < -0.39 is 0 Å². The van der Waals surface area contributed by atoms with Crippen LogP contribution in [0.15, 0.2) is 18.2 Å². The van der Waals surface area contributed by atoms with Gasteiger partial charge in [0.1, 0.15) is 0 Å². The largest absolute Gasteiger partial charge is 0.450 e. The quantitative estimate of drug-likeness (QED) is 0.712. The third-order valence-corrected chi connectivity index (χ3v) is 2.48. The molecule has 0 saturated carbocycles. The first-order valence-electron chi connectivity index (χ1n) is 4.99. The second-order valence-corrected chi connectivity index (χ2v) is 3.58. The highest BCUT2D eigenvalue weighted by Gasteiger charge is 2.23. The lowest BCUT2D eigenvalue weighted by molar-refractivity contribution is 0.106. The highest BCUT2D eigenvalue weighted by Crippen LogP contribution is 2.24. The Balaban J connectivity index is 2.12. The van der Waals surface area contributed by atoms with Crippen molar-refractivity contribution in [1.29, 1.82) is 0 Å². The number of nitrogens with two attached hydrogens (primary N) is 1. The number of rotatable bonds is 1. The van der Waals surface area contributed by atoms with Crippen LogP contribution in [0.4, 0.5) is 10.5 Å². The van der Waals surface area contributed by atoms with Crippen LogP contribution < -0.4 is 5.73 Å². The molecule has 0 aromatic heterocycles. The molecule has 0 fully saturated rings. The van der Waals surface area contributed by atoms with Crippen molar-refractivity contribution in [3.63, 3.8) is 0 Å². The summed E-state index contributed by atoms with van der Waals surface area (Å²) in [6.07, 6.45) is -0.257. The Labute approximate surface area is 88.6 Å². The maximum absolute atomic E-state index is 11.5. The molecule has 80 valence electrons. The van der Waals surface area contributed by atoms with Crippen LogP contribution >= 0.6 is 0 Å². The number of ether oxygens (including phenoxy) is 1. The molecule has 1 heterocycles. The molecule has 4 nitrogen and oxygen atoms in total. The average Bonchev–Trinajstić information content (AvgIpc) is 2.60. The summed E-state index contributed by atoms with van der Waals surface area (Å²) in [5.74, 6) is 0. The Hall–Kier alpha value is -1.71. The van der Waals surface area contributed by atoms with Crippen LogP contribution in [-0.4, -0.2) is 17.6 Å². The summed E-state index contributed by atoms with van der Waals surface area (Å²) in [5, 5.41) is 0. The van der Waals surface area contributed by atoms with Crippen LogP contribution in [0.5, 0.6) is 0 Å². The first-order valence-corrected chi connectivity index (χ1v) is 4.99. The zero-order valence-electron chi connectivity index (χ0n) is 8.69. The molecule has 1 amide bonds. The van der Waals surface area contributed by atoms with Crippen molar-refractivity contribution in [2.45, 2.75) is 20.0 Å². The van der Waals surface area contributed by atoms with Crippen LogP contribution in [-0.2, 0) is 17.8 Å². The number of amides is 1. The van der Waals surface area contributed by atoms with Gasteiger partial charge in [-0.3, -0.25) is 4.90 Å². The molecule has 2 rings (SSSR count). The first kappa shape index (κ1) is 9.83. The molecule has 0 saturated heterocycles. The van der Waals surface area contributed by atoms with Gasteiger partial charge in [0, 0.05) is 18.8 Å². The third kappa shape index (κ3) is 1.88. The van der Waals surface area contributed by atoms with Gasteiger partial charge in [0.2, 0.25) is 0 Å². The average molecular weight is 206 g/mol. The van der Waals surface area contributed by atoms with Gasteiger partial charge >= 0.3 is 6.09 Å². The van der Waals surface area contributed by atoms with Gasteiger partial charge in [0.15, 0.2) is 0 Å². The van der Waals surface area contributed by atoms with E-state index in [0.717, 1.165) is 16.8 Å². The minimum Gasteiger partial charge on any atom is -0.450 e. The number of anilines is 1. The number of benzene rings is 1. The van der Waals surface area contributed by atoms with E-state index in [1.54, 1.807) is 11.8 Å². The fourth-order valence-electron chi connectivity index (χ4n) is 1.76. The number of fused-ring (bicyclic) bond motifs is 1. The van der Waals surface area contributed by atoms with Crippen LogP contribution in [0.25, 0.3) is 0 Å². The second-order valence-electron chi connectivity index (χ2n) is 3.58. The van der Waals surface area contributed by atoms with Crippen molar-refractivity contribution in [2.75, 3.05) is 12.3 Å². The maximum atomic E-state index is 11.5. The van der Waals surface area contributed by atoms with Gasteiger partial charge < -0.3 is 10.5 Å². The molecule has 4 heteroatoms. The fraction of sp³-hybridized carbons (Fsp3) is 0.364. The van der Waals surface area contributed by atoms with Gasteiger partial charge in [0.25, 0.3) is 0 Å². The smallest absolute Gasteiger partial charge is 0.410 e. The molecular weight excluding hydrogens is 192 g/mol. The second kappa shape index (κ2) is 3.81. The molecule has 0 radical (unpaired) electrons. The maximum Gasteiger partial charge on any atom is 0.410 e. The minimum atomic E-state index is -0.257. The summed E-state index contributed by atoms with van der Waals surface area (Å²) in [5.41, 5.74) is 8.68. The van der Waals surface area contributed by atoms with Crippen molar-refractivity contribution >= 4 is 11.8 Å². The van der Waals surface area contributed by atoms with Crippen LogP contribution in [0.1, 0.15) is 18.1 Å². The monoisotopic (exact) mass is 206 g/mol. The molecule has 2 N–H and O–H groups in total. The van der Waals surface area contributed by atoms with Gasteiger partial charge in [-0.05, 0) is 30.2 Å². The minimum absolute atomic E-state index is 0.257. The van der Waals surface area contributed by atoms with Gasteiger partial charge in [-0.2, -0.15) is 0 Å². The Morgan fingerprint density at radius 3 is 2.93 bits per heavy atom. The number of hydrogen-bond acceptors (Lipinski definition) is 3. The van der Waals surface area contributed by atoms with E-state index in [9.17, 15) is 4.79 Å². The van der Waals surface area contributed by atoms with Crippen LogP contribution in [0, 0.1) is 0 Å². The molecule has 1 aliphatic rings. The number of nitrogen functional groups attached to an aromatic ring is 1. The van der Waals surface area contributed by atoms with Crippen molar-refractivity contribution < 1.29 is 9.53 Å². The van der Waals surface area contributed by atoms with E-state index in [-0.39, 0.29) is 6.09 Å². The number of nitrogens with zero attached hydrogens (tertiary/aromatic N) is 1. The Bertz CT molecular complexity index is 390. The summed E-state index contributed by atoms with van der Waals surface area (Å²) < 4.78 is 4.94. The molecule has 0 atom stereocenters. The molecule has 1 aliphatic heterocycles. The summed E-state index contributed by atoms with van der Waals surface area (Å²) in [4.78, 5) is 13.1. The Morgan fingerprint density at radius 2 is 2.20 bits per heavy atom. The van der Waals surface area contributed by atoms with E-state index in [0.29, 0.717) is 19.7 Å². The molecule has 1 aromatic rings. The molecule has 15 heavy (non-hydrogen) atoms. The van der Waals surface area contributed by atoms with Crippen LogP contribution in [0.3, 0.4) is 0 Å². The Kier molecular flexibility index (Phi) is 2.49. The number of hydrogen-bond donors (Lipinski definition) is 1. The van der Waals surface area contributed by atoms with E-state index >= 15 is 0 Å². The molecular formula is C11H14N2O2. The lowest BCUT2D eigenvalue weighted by Gasteiger charge is -2.13. The number of carbonyl (C=O) groups excluding carboxylic acids is 1. The van der Waals surface area contributed by atoms with Crippen molar-refractivity contribution in [2.24, 2.45) is 0 Å². The fourth-order valence-corrected chi connectivity index (χ4v) is 1.76. The lowest BCUT2D eigenvalue weighted by atomic mass is 10.1. The first-order chi connectivity index (χ1) is 7.20. The summed E-state index contributed by atoms with van der Waals surface area (Å²) in [6.45, 7) is 3.43. The SMILES string of the molecule is CCOC(=O)N1Cc2ccc(N)cc2C1. The highest BCUT2D eigenvalue weighted by molar-refractivity contribution is 5.69. The zero-order valence-corrected chi connectivity index (χ0v) is 8.69. The predicted molar refractivity (Wildman–Crippen MR) is 57.1 cm³/mol. The number of carbonyl (C=O) groups is 1. The normalized spacial score (nSPS) is 13.8. The standard InChI is InChI=1S/C11H14N2O2/c1-2-15-11(14)13-6-8-3-4-10(12)5-9(8)7-13/h3-5H,2,6-7,12H2,1H3. The lowest BCUT2D eigenvalue weighted by Crippen LogP contribution is -2.25. The van der Waals surface area contributed by atoms with Crippen molar-refractivity contribution in [1.82, 2.24) is 4.90 Å². The molecule has 1 aromatic carbocycles. The summed E-state index contributed by atoms with van der Waals surface area (Å²) in [6, 6.07) is 5.73. The van der Waals surface area contributed by atoms with E-state index in [2.05, 4.69) is 0 Å². The molecule has 0 unspecified atom stereocenters. The van der Waals surface area contributed by atoms with Crippen LogP contribution in [0.2, 0.25) is 0 Å². The summed E-state index contributed by atoms with van der Waals surface area (Å²) in [7, 11) is 0. The van der Waals surface area contributed by atoms with Crippen molar-refractivity contribution in [3.8, 4) is 0 Å². The van der Waals surface area contributed by atoms with E-state index in [4.69, 9.17) is 10.5 Å². The van der Waals surface area contributed by atoms with E-state index in [1.165, 1.54) is 0 Å². The highest BCUT2D eigenvalue weighted by atomic mass is 16.6. The molecule has 0 bridgehead atoms. The van der Waals surface area contributed by atoms with Gasteiger partial charge in [-0.15, -0.1) is 0 Å². The van der Waals surface area contributed by atoms with Crippen molar-refractivity contribution in [3.05, 3.63) is 29.3 Å². The van der Waals surface area contributed by atoms with Gasteiger partial charge in [-0.1, -0.05) is 6.07 Å². The topological polar surface area (TPSA) is 55.6 Å². The predicted octanol–water partition coefficient (Wildman–Crippen LogP) is 1.74. The summed E-state index contributed by atoms with van der Waals surface area (Å²) >= 11 is 0.